The van der Waals surface area contributed by atoms with E-state index in [4.69, 9.17) is 4.74 Å². The van der Waals surface area contributed by atoms with Crippen LogP contribution < -0.4 is 4.90 Å². The smallest absolute Gasteiger partial charge is 0.254 e. The van der Waals surface area contributed by atoms with Crippen molar-refractivity contribution in [3.05, 3.63) is 53.5 Å². The van der Waals surface area contributed by atoms with Crippen LogP contribution in [0.1, 0.15) is 18.5 Å². The molecule has 2 aliphatic rings. The van der Waals surface area contributed by atoms with E-state index in [0.717, 1.165) is 22.8 Å². The number of nitrogens with zero attached hydrogens (tertiary/aromatic N) is 5. The number of morpholine rings is 1. The van der Waals surface area contributed by atoms with Gasteiger partial charge in [0.1, 0.15) is 12.4 Å². The minimum absolute atomic E-state index is 0.0441. The Balaban J connectivity index is 1.83. The Morgan fingerprint density at radius 2 is 1.92 bits per heavy atom. The number of hydrogen-bond donors (Lipinski definition) is 0. The lowest BCUT2D eigenvalue weighted by Gasteiger charge is -2.36. The molecule has 2 aliphatic heterocycles. The van der Waals surface area contributed by atoms with Gasteiger partial charge in [0.2, 0.25) is 5.95 Å². The molecule has 0 aliphatic carbocycles. The number of ether oxygens (including phenoxy) is 1. The van der Waals surface area contributed by atoms with Crippen LogP contribution in [0.2, 0.25) is 0 Å². The number of hydrogen-bond acceptors (Lipinski definition) is 5. The highest BCUT2D eigenvalue weighted by Crippen LogP contribution is 2.37. The molecule has 0 saturated carbocycles. The topological polar surface area (TPSA) is 63.5 Å². The summed E-state index contributed by atoms with van der Waals surface area (Å²) in [6.45, 7) is 4.37. The van der Waals surface area contributed by atoms with Crippen molar-refractivity contribution >= 4 is 11.9 Å². The first-order valence-corrected chi connectivity index (χ1v) is 8.44. The number of amides is 1. The number of carbonyl (C=O) groups is 1. The third-order valence-corrected chi connectivity index (χ3v) is 4.91. The molecule has 7 heteroatoms. The van der Waals surface area contributed by atoms with E-state index >= 15 is 0 Å². The van der Waals surface area contributed by atoms with Crippen LogP contribution in [0.4, 0.5) is 5.95 Å². The second-order valence-electron chi connectivity index (χ2n) is 6.28. The summed E-state index contributed by atoms with van der Waals surface area (Å²) >= 11 is 0. The quantitative estimate of drug-likeness (QED) is 0.829. The van der Waals surface area contributed by atoms with Gasteiger partial charge in [-0.1, -0.05) is 30.3 Å². The Kier molecular flexibility index (Phi) is 4.01. The molecule has 1 amide bonds. The van der Waals surface area contributed by atoms with Gasteiger partial charge in [0, 0.05) is 25.8 Å². The number of carbonyl (C=O) groups excluding carboxylic acids is 1. The highest BCUT2D eigenvalue weighted by Gasteiger charge is 2.37. The first-order valence-electron chi connectivity index (χ1n) is 8.44. The minimum Gasteiger partial charge on any atom is -0.378 e. The van der Waals surface area contributed by atoms with Gasteiger partial charge in [-0.2, -0.15) is 10.1 Å². The van der Waals surface area contributed by atoms with E-state index in [1.165, 1.54) is 6.33 Å². The van der Waals surface area contributed by atoms with Gasteiger partial charge < -0.3 is 14.5 Å². The normalized spacial score (nSPS) is 20.6. The van der Waals surface area contributed by atoms with Gasteiger partial charge in [-0.15, -0.1) is 0 Å². The van der Waals surface area contributed by atoms with Crippen LogP contribution in [0.25, 0.3) is 0 Å². The average Bonchev–Trinajstić information content (AvgIpc) is 3.15. The summed E-state index contributed by atoms with van der Waals surface area (Å²) in [5, 5.41) is 4.41. The van der Waals surface area contributed by atoms with E-state index < -0.39 is 0 Å². The van der Waals surface area contributed by atoms with Gasteiger partial charge >= 0.3 is 0 Å². The molecule has 4 rings (SSSR count). The zero-order chi connectivity index (χ0) is 17.4. The van der Waals surface area contributed by atoms with Gasteiger partial charge in [-0.05, 0) is 12.5 Å². The molecular formula is C18H21N5O2. The van der Waals surface area contributed by atoms with Gasteiger partial charge in [-0.3, -0.25) is 4.79 Å². The third kappa shape index (κ3) is 2.60. The SMILES string of the molecule is CC1=C(C(=O)N2CCOCC2)[C@@H](c2ccccc2)n2ncnc2N1C. The van der Waals surface area contributed by atoms with Crippen LogP contribution in [-0.2, 0) is 9.53 Å². The molecule has 0 radical (unpaired) electrons. The summed E-state index contributed by atoms with van der Waals surface area (Å²) in [6.07, 6.45) is 1.54. The van der Waals surface area contributed by atoms with Crippen LogP contribution in [0.15, 0.2) is 47.9 Å². The molecule has 130 valence electrons. The first-order chi connectivity index (χ1) is 12.2. The fourth-order valence-electron chi connectivity index (χ4n) is 3.47. The molecule has 1 fully saturated rings. The van der Waals surface area contributed by atoms with Crippen molar-refractivity contribution in [1.29, 1.82) is 0 Å². The van der Waals surface area contributed by atoms with Crippen molar-refractivity contribution in [2.45, 2.75) is 13.0 Å². The van der Waals surface area contributed by atoms with Gasteiger partial charge in [0.05, 0.1) is 18.8 Å². The van der Waals surface area contributed by atoms with E-state index in [1.807, 2.05) is 58.8 Å². The third-order valence-electron chi connectivity index (χ3n) is 4.91. The standard InChI is InChI=1S/C18H21N5O2/c1-13-15(17(24)22-8-10-25-11-9-22)16(14-6-4-3-5-7-14)23-18(21(13)2)19-12-20-23/h3-7,12,16H,8-11H2,1-2H3/t16-/m1/s1. The fourth-order valence-corrected chi connectivity index (χ4v) is 3.47. The number of rotatable bonds is 2. The summed E-state index contributed by atoms with van der Waals surface area (Å²) in [4.78, 5) is 21.5. The molecule has 2 aromatic rings. The predicted molar refractivity (Wildman–Crippen MR) is 93.1 cm³/mol. The highest BCUT2D eigenvalue weighted by atomic mass is 16.5. The summed E-state index contributed by atoms with van der Waals surface area (Å²) < 4.78 is 7.22. The first kappa shape index (κ1) is 15.8. The maximum atomic E-state index is 13.3. The molecular weight excluding hydrogens is 318 g/mol. The summed E-state index contributed by atoms with van der Waals surface area (Å²) in [7, 11) is 1.92. The predicted octanol–water partition coefficient (Wildman–Crippen LogP) is 1.45. The summed E-state index contributed by atoms with van der Waals surface area (Å²) in [5.74, 6) is 0.785. The number of benzene rings is 1. The summed E-state index contributed by atoms with van der Waals surface area (Å²) in [6, 6.07) is 9.72. The zero-order valence-electron chi connectivity index (χ0n) is 14.4. The maximum absolute atomic E-state index is 13.3. The lowest BCUT2D eigenvalue weighted by molar-refractivity contribution is -0.131. The average molecular weight is 339 g/mol. The Hall–Kier alpha value is -2.67. The summed E-state index contributed by atoms with van der Waals surface area (Å²) in [5.41, 5.74) is 2.68. The van der Waals surface area contributed by atoms with Crippen molar-refractivity contribution in [3.63, 3.8) is 0 Å². The van der Waals surface area contributed by atoms with Gasteiger partial charge in [0.15, 0.2) is 0 Å². The maximum Gasteiger partial charge on any atom is 0.254 e. The van der Waals surface area contributed by atoms with E-state index in [9.17, 15) is 4.79 Å². The van der Waals surface area contributed by atoms with E-state index in [0.29, 0.717) is 26.3 Å². The molecule has 3 heterocycles. The molecule has 7 nitrogen and oxygen atoms in total. The second-order valence-corrected chi connectivity index (χ2v) is 6.28. The molecule has 0 spiro atoms. The fraction of sp³-hybridized carbons (Fsp3) is 0.389. The number of allylic oxidation sites excluding steroid dienone is 1. The largest absolute Gasteiger partial charge is 0.378 e. The van der Waals surface area contributed by atoms with Crippen molar-refractivity contribution in [3.8, 4) is 0 Å². The number of aromatic nitrogens is 3. The van der Waals surface area contributed by atoms with E-state index in [2.05, 4.69) is 10.1 Å². The molecule has 0 unspecified atom stereocenters. The molecule has 1 atom stereocenters. The van der Waals surface area contributed by atoms with E-state index in [-0.39, 0.29) is 11.9 Å². The van der Waals surface area contributed by atoms with Gasteiger partial charge in [0.25, 0.3) is 5.91 Å². The lowest BCUT2D eigenvalue weighted by Crippen LogP contribution is -2.45. The zero-order valence-corrected chi connectivity index (χ0v) is 14.4. The highest BCUT2D eigenvalue weighted by molar-refractivity contribution is 5.97. The van der Waals surface area contributed by atoms with Crippen LogP contribution in [-0.4, -0.2) is 58.9 Å². The van der Waals surface area contributed by atoms with Crippen molar-refractivity contribution in [1.82, 2.24) is 19.7 Å². The monoisotopic (exact) mass is 339 g/mol. The number of anilines is 1. The van der Waals surface area contributed by atoms with Crippen molar-refractivity contribution in [2.24, 2.45) is 0 Å². The Morgan fingerprint density at radius 1 is 1.20 bits per heavy atom. The van der Waals surface area contributed by atoms with Crippen molar-refractivity contribution in [2.75, 3.05) is 38.3 Å². The molecule has 1 aromatic heterocycles. The molecule has 1 saturated heterocycles. The van der Waals surface area contributed by atoms with Crippen LogP contribution in [0.3, 0.4) is 0 Å². The van der Waals surface area contributed by atoms with Crippen LogP contribution >= 0.6 is 0 Å². The Bertz CT molecular complexity index is 808. The minimum atomic E-state index is -0.273. The molecule has 0 N–H and O–H groups in total. The molecule has 1 aromatic carbocycles. The Morgan fingerprint density at radius 3 is 2.64 bits per heavy atom. The van der Waals surface area contributed by atoms with E-state index in [1.54, 1.807) is 0 Å². The lowest BCUT2D eigenvalue weighted by atomic mass is 9.94. The van der Waals surface area contributed by atoms with Crippen molar-refractivity contribution < 1.29 is 9.53 Å². The molecule has 25 heavy (non-hydrogen) atoms. The molecule has 0 bridgehead atoms. The Labute approximate surface area is 146 Å². The number of fused-ring (bicyclic) bond motifs is 1. The van der Waals surface area contributed by atoms with Crippen LogP contribution in [0.5, 0.6) is 0 Å². The second kappa shape index (κ2) is 6.33. The van der Waals surface area contributed by atoms with Gasteiger partial charge in [-0.25, -0.2) is 4.68 Å². The van der Waals surface area contributed by atoms with Crippen LogP contribution in [0, 0.1) is 0 Å².